The Hall–Kier alpha value is -3.96. The highest BCUT2D eigenvalue weighted by atomic mass is 16.6. The van der Waals surface area contributed by atoms with E-state index in [2.05, 4.69) is 20.8 Å². The molecule has 0 saturated heterocycles. The maximum atomic E-state index is 12.6. The summed E-state index contributed by atoms with van der Waals surface area (Å²) >= 11 is 0. The van der Waals surface area contributed by atoms with Gasteiger partial charge in [-0.3, -0.25) is 29.1 Å². The molecule has 0 aliphatic rings. The van der Waals surface area contributed by atoms with Crippen LogP contribution in [-0.4, -0.2) is 36.3 Å². The number of nitrogens with zero attached hydrogens (tertiary/aromatic N) is 5. The van der Waals surface area contributed by atoms with E-state index in [0.717, 1.165) is 10.9 Å². The second-order valence-corrected chi connectivity index (χ2v) is 5.72. The van der Waals surface area contributed by atoms with Crippen LogP contribution in [0.4, 0.5) is 11.4 Å². The van der Waals surface area contributed by atoms with Crippen LogP contribution < -0.4 is 10.6 Å². The summed E-state index contributed by atoms with van der Waals surface area (Å²) < 4.78 is 7.71. The Morgan fingerprint density at radius 3 is 2.79 bits per heavy atom. The van der Waals surface area contributed by atoms with Gasteiger partial charge in [0.05, 0.1) is 23.4 Å². The standard InChI is InChI=1S/C16H17N7O5/c1-3-22-9-11(13(20-22)15(24)17-7-10-5-4-6-28-10)19-16(25)14-12(23(26)27)8-18-21(14)2/h4-6,8-9H,3,7H2,1-2H3,(H,17,24)(H,19,25). The Kier molecular flexibility index (Phi) is 5.20. The highest BCUT2D eigenvalue weighted by molar-refractivity contribution is 6.09. The van der Waals surface area contributed by atoms with Crippen LogP contribution in [0.25, 0.3) is 0 Å². The van der Waals surface area contributed by atoms with E-state index in [1.54, 1.807) is 12.1 Å². The first-order chi connectivity index (χ1) is 13.4. The minimum atomic E-state index is -0.776. The number of rotatable bonds is 7. The van der Waals surface area contributed by atoms with Crippen molar-refractivity contribution in [3.63, 3.8) is 0 Å². The average Bonchev–Trinajstić information content (AvgIpc) is 3.39. The summed E-state index contributed by atoms with van der Waals surface area (Å²) in [6.45, 7) is 2.42. The number of amides is 2. The molecule has 0 bridgehead atoms. The molecule has 0 aliphatic heterocycles. The first-order valence-corrected chi connectivity index (χ1v) is 8.26. The lowest BCUT2D eigenvalue weighted by molar-refractivity contribution is -0.385. The third-order valence-electron chi connectivity index (χ3n) is 3.88. The van der Waals surface area contributed by atoms with Gasteiger partial charge in [0.2, 0.25) is 5.69 Å². The van der Waals surface area contributed by atoms with Gasteiger partial charge < -0.3 is 15.1 Å². The first kappa shape index (κ1) is 18.8. The third-order valence-corrected chi connectivity index (χ3v) is 3.88. The van der Waals surface area contributed by atoms with E-state index in [1.807, 2.05) is 6.92 Å². The van der Waals surface area contributed by atoms with Crippen LogP contribution in [0.3, 0.4) is 0 Å². The molecule has 0 radical (unpaired) electrons. The molecule has 3 rings (SSSR count). The first-order valence-electron chi connectivity index (χ1n) is 8.26. The average molecular weight is 387 g/mol. The summed E-state index contributed by atoms with van der Waals surface area (Å²) in [4.78, 5) is 35.5. The fourth-order valence-corrected chi connectivity index (χ4v) is 2.51. The normalized spacial score (nSPS) is 10.6. The van der Waals surface area contributed by atoms with Crippen molar-refractivity contribution >= 4 is 23.2 Å². The molecular weight excluding hydrogens is 370 g/mol. The number of aromatic nitrogens is 4. The maximum Gasteiger partial charge on any atom is 0.320 e. The number of aryl methyl sites for hydroxylation is 2. The molecule has 0 aromatic carbocycles. The monoisotopic (exact) mass is 387 g/mol. The third kappa shape index (κ3) is 3.75. The fraction of sp³-hybridized carbons (Fsp3) is 0.250. The van der Waals surface area contributed by atoms with Crippen molar-refractivity contribution < 1.29 is 18.9 Å². The van der Waals surface area contributed by atoms with Gasteiger partial charge in [-0.1, -0.05) is 0 Å². The Morgan fingerprint density at radius 2 is 2.14 bits per heavy atom. The zero-order valence-electron chi connectivity index (χ0n) is 15.1. The molecule has 0 aliphatic carbocycles. The molecule has 0 saturated carbocycles. The van der Waals surface area contributed by atoms with E-state index in [0.29, 0.717) is 12.3 Å². The summed E-state index contributed by atoms with van der Waals surface area (Å²) in [6, 6.07) is 3.40. The van der Waals surface area contributed by atoms with Gasteiger partial charge in [-0.2, -0.15) is 10.2 Å². The molecule has 3 aromatic rings. The van der Waals surface area contributed by atoms with Gasteiger partial charge in [0, 0.05) is 19.8 Å². The quantitative estimate of drug-likeness (QED) is 0.458. The number of nitrogens with one attached hydrogen (secondary N) is 2. The van der Waals surface area contributed by atoms with Gasteiger partial charge in [0.15, 0.2) is 5.69 Å². The Morgan fingerprint density at radius 1 is 1.36 bits per heavy atom. The fourth-order valence-electron chi connectivity index (χ4n) is 2.51. The lowest BCUT2D eigenvalue weighted by Crippen LogP contribution is -2.25. The molecule has 12 heteroatoms. The van der Waals surface area contributed by atoms with Crippen molar-refractivity contribution in [2.75, 3.05) is 5.32 Å². The zero-order valence-corrected chi connectivity index (χ0v) is 15.1. The molecule has 0 unspecified atom stereocenters. The van der Waals surface area contributed by atoms with Crippen LogP contribution in [0.2, 0.25) is 0 Å². The largest absolute Gasteiger partial charge is 0.467 e. The van der Waals surface area contributed by atoms with Crippen molar-refractivity contribution in [1.82, 2.24) is 24.9 Å². The van der Waals surface area contributed by atoms with Gasteiger partial charge in [-0.15, -0.1) is 0 Å². The van der Waals surface area contributed by atoms with Crippen LogP contribution in [0.1, 0.15) is 33.7 Å². The lowest BCUT2D eigenvalue weighted by Gasteiger charge is -2.06. The second kappa shape index (κ2) is 7.73. The van der Waals surface area contributed by atoms with E-state index in [1.165, 1.54) is 24.2 Å². The van der Waals surface area contributed by atoms with Crippen LogP contribution in [-0.2, 0) is 20.1 Å². The minimum absolute atomic E-state index is 0.0217. The maximum absolute atomic E-state index is 12.6. The van der Waals surface area contributed by atoms with Crippen molar-refractivity contribution in [3.8, 4) is 0 Å². The highest BCUT2D eigenvalue weighted by Crippen LogP contribution is 2.20. The minimum Gasteiger partial charge on any atom is -0.467 e. The summed E-state index contributed by atoms with van der Waals surface area (Å²) in [7, 11) is 1.41. The topological polar surface area (TPSA) is 150 Å². The molecule has 12 nitrogen and oxygen atoms in total. The summed E-state index contributed by atoms with van der Waals surface area (Å²) in [6.07, 6.45) is 3.95. The molecule has 0 spiro atoms. The molecule has 0 fully saturated rings. The number of carbonyl (C=O) groups is 2. The number of anilines is 1. The molecule has 28 heavy (non-hydrogen) atoms. The van der Waals surface area contributed by atoms with Crippen molar-refractivity contribution in [3.05, 3.63) is 58.1 Å². The van der Waals surface area contributed by atoms with Crippen LogP contribution in [0, 0.1) is 10.1 Å². The van der Waals surface area contributed by atoms with E-state index in [-0.39, 0.29) is 23.6 Å². The van der Waals surface area contributed by atoms with E-state index >= 15 is 0 Å². The molecule has 2 N–H and O–H groups in total. The number of hydrogen-bond acceptors (Lipinski definition) is 7. The summed E-state index contributed by atoms with van der Waals surface area (Å²) in [5.74, 6) is -0.750. The number of furan rings is 1. The number of nitro groups is 1. The smallest absolute Gasteiger partial charge is 0.320 e. The predicted molar refractivity (Wildman–Crippen MR) is 95.6 cm³/mol. The summed E-state index contributed by atoms with van der Waals surface area (Å²) in [5.41, 5.74) is -0.575. The van der Waals surface area contributed by atoms with Gasteiger partial charge >= 0.3 is 5.69 Å². The number of hydrogen-bond donors (Lipinski definition) is 2. The van der Waals surface area contributed by atoms with Gasteiger partial charge in [-0.05, 0) is 19.1 Å². The van der Waals surface area contributed by atoms with Crippen molar-refractivity contribution in [1.29, 1.82) is 0 Å². The van der Waals surface area contributed by atoms with Crippen LogP contribution in [0.15, 0.2) is 35.2 Å². The van der Waals surface area contributed by atoms with Gasteiger partial charge in [0.25, 0.3) is 11.8 Å². The summed E-state index contributed by atoms with van der Waals surface area (Å²) in [5, 5.41) is 24.1. The number of carbonyl (C=O) groups excluding carboxylic acids is 2. The molecule has 3 heterocycles. The molecule has 3 aromatic heterocycles. The van der Waals surface area contributed by atoms with E-state index in [4.69, 9.17) is 4.42 Å². The Bertz CT molecular complexity index is 1020. The van der Waals surface area contributed by atoms with Crippen LogP contribution >= 0.6 is 0 Å². The van der Waals surface area contributed by atoms with E-state index in [9.17, 15) is 19.7 Å². The Balaban J connectivity index is 1.83. The van der Waals surface area contributed by atoms with Gasteiger partial charge in [-0.25, -0.2) is 0 Å². The molecular formula is C16H17N7O5. The van der Waals surface area contributed by atoms with Crippen molar-refractivity contribution in [2.45, 2.75) is 20.0 Å². The highest BCUT2D eigenvalue weighted by Gasteiger charge is 2.27. The van der Waals surface area contributed by atoms with Gasteiger partial charge in [0.1, 0.15) is 12.0 Å². The SMILES string of the molecule is CCn1cc(NC(=O)c2c([N+](=O)[O-])cnn2C)c(C(=O)NCc2ccco2)n1. The molecule has 146 valence electrons. The lowest BCUT2D eigenvalue weighted by atomic mass is 10.3. The van der Waals surface area contributed by atoms with E-state index < -0.39 is 22.4 Å². The molecule has 0 atom stereocenters. The predicted octanol–water partition coefficient (Wildman–Crippen LogP) is 1.32. The Labute approximate surface area is 158 Å². The van der Waals surface area contributed by atoms with Crippen molar-refractivity contribution in [2.24, 2.45) is 7.05 Å². The van der Waals surface area contributed by atoms with Crippen LogP contribution in [0.5, 0.6) is 0 Å². The second-order valence-electron chi connectivity index (χ2n) is 5.72. The zero-order chi connectivity index (χ0) is 20.3. The molecule has 2 amide bonds.